The van der Waals surface area contributed by atoms with E-state index in [0.717, 1.165) is 17.1 Å². The maximum absolute atomic E-state index is 12.1. The lowest BCUT2D eigenvalue weighted by Gasteiger charge is -2.12. The highest BCUT2D eigenvalue weighted by atomic mass is 32.2. The average molecular weight is 397 g/mol. The van der Waals surface area contributed by atoms with Crippen molar-refractivity contribution >= 4 is 27.3 Å². The summed E-state index contributed by atoms with van der Waals surface area (Å²) in [5.41, 5.74) is 1.08. The van der Waals surface area contributed by atoms with Crippen LogP contribution in [0.2, 0.25) is 0 Å². The van der Waals surface area contributed by atoms with Crippen molar-refractivity contribution in [2.24, 2.45) is 4.99 Å². The van der Waals surface area contributed by atoms with Gasteiger partial charge in [0, 0.05) is 50.4 Å². The molecule has 2 rings (SSSR count). The molecule has 26 heavy (non-hydrogen) atoms. The topological polar surface area (TPSA) is 108 Å². The predicted molar refractivity (Wildman–Crippen MR) is 104 cm³/mol. The maximum Gasteiger partial charge on any atom is 0.242 e. The van der Waals surface area contributed by atoms with E-state index >= 15 is 0 Å². The van der Waals surface area contributed by atoms with E-state index in [1.54, 1.807) is 24.5 Å². The molecule has 8 nitrogen and oxygen atoms in total. The van der Waals surface area contributed by atoms with Crippen LogP contribution >= 0.6 is 11.3 Å². The number of nitrogens with one attached hydrogen (secondary N) is 3. The fourth-order valence-electron chi connectivity index (χ4n) is 2.11. The molecule has 0 atom stereocenters. The van der Waals surface area contributed by atoms with Crippen LogP contribution in [0.15, 0.2) is 34.4 Å². The summed E-state index contributed by atoms with van der Waals surface area (Å²) in [6.45, 7) is 5.43. The summed E-state index contributed by atoms with van der Waals surface area (Å²) in [5.74, 6) is 0.621. The van der Waals surface area contributed by atoms with E-state index < -0.39 is 10.0 Å². The molecule has 0 aliphatic heterocycles. The third kappa shape index (κ3) is 6.04. The van der Waals surface area contributed by atoms with E-state index in [9.17, 15) is 8.42 Å². The Balaban J connectivity index is 1.70. The van der Waals surface area contributed by atoms with Crippen LogP contribution in [-0.4, -0.2) is 51.0 Å². The van der Waals surface area contributed by atoms with E-state index in [4.69, 9.17) is 0 Å². The van der Waals surface area contributed by atoms with Gasteiger partial charge < -0.3 is 10.6 Å². The van der Waals surface area contributed by atoms with E-state index in [-0.39, 0.29) is 11.4 Å². The first-order valence-corrected chi connectivity index (χ1v) is 10.5. The van der Waals surface area contributed by atoms with Gasteiger partial charge in [-0.2, -0.15) is 0 Å². The van der Waals surface area contributed by atoms with Crippen molar-refractivity contribution in [3.05, 3.63) is 40.1 Å². The van der Waals surface area contributed by atoms with Crippen LogP contribution in [0.1, 0.15) is 15.6 Å². The SMILES string of the molecule is CN=C(NCCNS(=O)(=O)c1cccnc1)NCCc1nc(C)c(C)s1. The van der Waals surface area contributed by atoms with E-state index in [0.29, 0.717) is 19.0 Å². The van der Waals surface area contributed by atoms with Crippen molar-refractivity contribution in [2.75, 3.05) is 26.7 Å². The standard InChI is InChI=1S/C16H24N6O2S2/c1-12-13(2)25-15(22-12)6-8-19-16(17-3)20-9-10-21-26(23,24)14-5-4-7-18-11-14/h4-5,7,11,21H,6,8-10H2,1-3H3,(H2,17,19,20). The van der Waals surface area contributed by atoms with E-state index in [2.05, 4.69) is 37.2 Å². The quantitative estimate of drug-likeness (QED) is 0.347. The van der Waals surface area contributed by atoms with Gasteiger partial charge in [-0.15, -0.1) is 11.3 Å². The first-order valence-electron chi connectivity index (χ1n) is 8.19. The van der Waals surface area contributed by atoms with Gasteiger partial charge in [-0.1, -0.05) is 0 Å². The maximum atomic E-state index is 12.1. The summed E-state index contributed by atoms with van der Waals surface area (Å²) in [6, 6.07) is 3.09. The number of hydrogen-bond donors (Lipinski definition) is 3. The molecule has 0 bridgehead atoms. The second-order valence-corrected chi connectivity index (χ2v) is 8.57. The molecular weight excluding hydrogens is 372 g/mol. The number of pyridine rings is 1. The molecule has 0 aromatic carbocycles. The van der Waals surface area contributed by atoms with Crippen LogP contribution in [0.4, 0.5) is 0 Å². The van der Waals surface area contributed by atoms with Crippen molar-refractivity contribution in [1.29, 1.82) is 0 Å². The number of aliphatic imine (C=N–C) groups is 1. The summed E-state index contributed by atoms with van der Waals surface area (Å²) >= 11 is 1.70. The van der Waals surface area contributed by atoms with Crippen molar-refractivity contribution < 1.29 is 8.42 Å². The van der Waals surface area contributed by atoms with Crippen LogP contribution in [0.5, 0.6) is 0 Å². The molecule has 3 N–H and O–H groups in total. The number of rotatable bonds is 8. The highest BCUT2D eigenvalue weighted by Crippen LogP contribution is 2.16. The van der Waals surface area contributed by atoms with Gasteiger partial charge in [0.05, 0.1) is 10.7 Å². The number of sulfonamides is 1. The molecule has 10 heteroatoms. The summed E-state index contributed by atoms with van der Waals surface area (Å²) < 4.78 is 26.7. The molecule has 2 aromatic heterocycles. The highest BCUT2D eigenvalue weighted by Gasteiger charge is 2.12. The Labute approximate surface area is 158 Å². The van der Waals surface area contributed by atoms with Gasteiger partial charge in [0.1, 0.15) is 4.90 Å². The largest absolute Gasteiger partial charge is 0.356 e. The third-order valence-corrected chi connectivity index (χ3v) is 6.16. The van der Waals surface area contributed by atoms with Crippen LogP contribution in [0.3, 0.4) is 0 Å². The summed E-state index contributed by atoms with van der Waals surface area (Å²) in [6.07, 6.45) is 3.66. The van der Waals surface area contributed by atoms with Crippen molar-refractivity contribution in [1.82, 2.24) is 25.3 Å². The summed E-state index contributed by atoms with van der Waals surface area (Å²) in [7, 11) is -1.87. The summed E-state index contributed by atoms with van der Waals surface area (Å²) in [5, 5.41) is 7.36. The van der Waals surface area contributed by atoms with Gasteiger partial charge in [-0.3, -0.25) is 9.98 Å². The normalized spacial score (nSPS) is 12.2. The number of aryl methyl sites for hydroxylation is 2. The molecular formula is C16H24N6O2S2. The van der Waals surface area contributed by atoms with Crippen LogP contribution in [-0.2, 0) is 16.4 Å². The molecule has 0 spiro atoms. The molecule has 142 valence electrons. The van der Waals surface area contributed by atoms with Crippen LogP contribution in [0, 0.1) is 13.8 Å². The Kier molecular flexibility index (Phi) is 7.49. The van der Waals surface area contributed by atoms with Crippen LogP contribution < -0.4 is 15.4 Å². The fraction of sp³-hybridized carbons (Fsp3) is 0.438. The smallest absolute Gasteiger partial charge is 0.242 e. The number of hydrogen-bond acceptors (Lipinski definition) is 6. The second-order valence-electron chi connectivity index (χ2n) is 5.51. The fourth-order valence-corrected chi connectivity index (χ4v) is 4.04. The van der Waals surface area contributed by atoms with Gasteiger partial charge in [0.15, 0.2) is 5.96 Å². The number of nitrogens with zero attached hydrogens (tertiary/aromatic N) is 3. The zero-order valence-corrected chi connectivity index (χ0v) is 16.7. The van der Waals surface area contributed by atoms with Gasteiger partial charge in [0.25, 0.3) is 0 Å². The Morgan fingerprint density at radius 2 is 2.00 bits per heavy atom. The Morgan fingerprint density at radius 3 is 2.62 bits per heavy atom. The number of thiazole rings is 1. The van der Waals surface area contributed by atoms with Gasteiger partial charge >= 0.3 is 0 Å². The first-order chi connectivity index (χ1) is 12.4. The molecule has 0 radical (unpaired) electrons. The molecule has 2 aromatic rings. The zero-order chi connectivity index (χ0) is 19.0. The molecule has 0 saturated carbocycles. The Morgan fingerprint density at radius 1 is 1.23 bits per heavy atom. The monoisotopic (exact) mass is 396 g/mol. The Bertz CT molecular complexity index is 814. The minimum Gasteiger partial charge on any atom is -0.356 e. The molecule has 0 unspecified atom stereocenters. The van der Waals surface area contributed by atoms with Crippen molar-refractivity contribution in [3.63, 3.8) is 0 Å². The highest BCUT2D eigenvalue weighted by molar-refractivity contribution is 7.89. The third-order valence-electron chi connectivity index (χ3n) is 3.58. The van der Waals surface area contributed by atoms with Gasteiger partial charge in [-0.25, -0.2) is 18.1 Å². The molecule has 0 saturated heterocycles. The molecule has 0 amide bonds. The molecule has 0 aliphatic carbocycles. The first kappa shape index (κ1) is 20.3. The van der Waals surface area contributed by atoms with E-state index in [1.165, 1.54) is 23.3 Å². The number of aromatic nitrogens is 2. The lowest BCUT2D eigenvalue weighted by atomic mass is 10.4. The average Bonchev–Trinajstić information content (AvgIpc) is 2.95. The molecule has 0 aliphatic rings. The van der Waals surface area contributed by atoms with Crippen molar-refractivity contribution in [3.8, 4) is 0 Å². The van der Waals surface area contributed by atoms with Crippen molar-refractivity contribution in [2.45, 2.75) is 25.2 Å². The number of guanidine groups is 1. The minimum atomic E-state index is -3.54. The second kappa shape index (κ2) is 9.60. The Hall–Kier alpha value is -2.04. The predicted octanol–water partition coefficient (Wildman–Crippen LogP) is 0.841. The lowest BCUT2D eigenvalue weighted by molar-refractivity contribution is 0.580. The summed E-state index contributed by atoms with van der Waals surface area (Å²) in [4.78, 5) is 13.8. The minimum absolute atomic E-state index is 0.150. The van der Waals surface area contributed by atoms with Gasteiger partial charge in [0.2, 0.25) is 10.0 Å². The van der Waals surface area contributed by atoms with E-state index in [1.807, 2.05) is 6.92 Å². The lowest BCUT2D eigenvalue weighted by Crippen LogP contribution is -2.42. The van der Waals surface area contributed by atoms with Gasteiger partial charge in [-0.05, 0) is 26.0 Å². The zero-order valence-electron chi connectivity index (χ0n) is 15.1. The van der Waals surface area contributed by atoms with Crippen LogP contribution in [0.25, 0.3) is 0 Å². The molecule has 0 fully saturated rings. The molecule has 2 heterocycles.